The largest absolute Gasteiger partial charge is 0.391 e. The maximum Gasteiger partial charge on any atom is 0.0744 e. The molecule has 1 aromatic carbocycles. The van der Waals surface area contributed by atoms with Crippen LogP contribution in [0.2, 0.25) is 0 Å². The van der Waals surface area contributed by atoms with Crippen LogP contribution in [0.1, 0.15) is 25.7 Å². The van der Waals surface area contributed by atoms with Crippen molar-refractivity contribution in [3.8, 4) is 0 Å². The summed E-state index contributed by atoms with van der Waals surface area (Å²) >= 11 is 0. The van der Waals surface area contributed by atoms with E-state index in [1.54, 1.807) is 0 Å². The Morgan fingerprint density at radius 1 is 0.824 bits per heavy atom. The van der Waals surface area contributed by atoms with Gasteiger partial charge in [0.05, 0.1) is 24.3 Å². The standard InChI is InChI=1S/C14H19NO2/c16-13-8-9-14(17)12-7-6-11(13)15(12)10-4-2-1-3-5-10/h1-5,11-14,16-17H,6-9H2/t11-,12+,13-,14-/m0/s1. The monoisotopic (exact) mass is 233 g/mol. The van der Waals surface area contributed by atoms with Crippen LogP contribution in [0.15, 0.2) is 30.3 Å². The highest BCUT2D eigenvalue weighted by Gasteiger charge is 2.43. The van der Waals surface area contributed by atoms with Crippen LogP contribution in [0.4, 0.5) is 5.69 Å². The number of para-hydroxylation sites is 1. The highest BCUT2D eigenvalue weighted by atomic mass is 16.3. The van der Waals surface area contributed by atoms with Crippen LogP contribution in [0, 0.1) is 0 Å². The summed E-state index contributed by atoms with van der Waals surface area (Å²) in [7, 11) is 0. The van der Waals surface area contributed by atoms with Crippen LogP contribution in [-0.2, 0) is 0 Å². The zero-order valence-corrected chi connectivity index (χ0v) is 9.87. The van der Waals surface area contributed by atoms with Crippen molar-refractivity contribution in [3.63, 3.8) is 0 Å². The Balaban J connectivity index is 1.97. The van der Waals surface area contributed by atoms with Gasteiger partial charge in [-0.1, -0.05) is 18.2 Å². The molecule has 1 aromatic rings. The number of anilines is 1. The SMILES string of the molecule is O[C@H]1CC[C@H](O)[C@@H]2CC[C@H]1N2c1ccccc1. The topological polar surface area (TPSA) is 43.7 Å². The van der Waals surface area contributed by atoms with E-state index in [1.165, 1.54) is 0 Å². The fourth-order valence-electron chi connectivity index (χ4n) is 3.33. The molecule has 0 unspecified atom stereocenters. The second kappa shape index (κ2) is 4.31. The number of hydrogen-bond donors (Lipinski definition) is 2. The number of nitrogens with zero attached hydrogens (tertiary/aromatic N) is 1. The second-order valence-electron chi connectivity index (χ2n) is 5.17. The van der Waals surface area contributed by atoms with Crippen molar-refractivity contribution in [2.75, 3.05) is 4.90 Å². The predicted molar refractivity (Wildman–Crippen MR) is 67.0 cm³/mol. The molecule has 2 bridgehead atoms. The van der Waals surface area contributed by atoms with Crippen molar-refractivity contribution in [1.29, 1.82) is 0 Å². The van der Waals surface area contributed by atoms with Gasteiger partial charge in [0.1, 0.15) is 0 Å². The summed E-state index contributed by atoms with van der Waals surface area (Å²) in [4.78, 5) is 2.24. The Labute approximate surface area is 102 Å². The third kappa shape index (κ3) is 1.83. The van der Waals surface area contributed by atoms with Gasteiger partial charge in [0, 0.05) is 5.69 Å². The average Bonchev–Trinajstić information content (AvgIpc) is 2.76. The molecule has 3 nitrogen and oxygen atoms in total. The summed E-state index contributed by atoms with van der Waals surface area (Å²) in [6, 6.07) is 10.5. The molecule has 3 heteroatoms. The first-order valence-electron chi connectivity index (χ1n) is 6.47. The van der Waals surface area contributed by atoms with Gasteiger partial charge in [-0.15, -0.1) is 0 Å². The van der Waals surface area contributed by atoms with E-state index in [4.69, 9.17) is 0 Å². The van der Waals surface area contributed by atoms with Crippen molar-refractivity contribution in [2.24, 2.45) is 0 Å². The first-order valence-corrected chi connectivity index (χ1v) is 6.47. The van der Waals surface area contributed by atoms with E-state index in [0.717, 1.165) is 18.5 Å². The number of aliphatic hydroxyl groups excluding tert-OH is 2. The van der Waals surface area contributed by atoms with Gasteiger partial charge in [-0.05, 0) is 37.8 Å². The third-order valence-electron chi connectivity index (χ3n) is 4.17. The van der Waals surface area contributed by atoms with E-state index < -0.39 is 0 Å². The van der Waals surface area contributed by atoms with Crippen LogP contribution in [0.5, 0.6) is 0 Å². The summed E-state index contributed by atoms with van der Waals surface area (Å²) in [5.41, 5.74) is 1.13. The predicted octanol–water partition coefficient (Wildman–Crippen LogP) is 1.54. The van der Waals surface area contributed by atoms with Crippen LogP contribution in [0.25, 0.3) is 0 Å². The van der Waals surface area contributed by atoms with Crippen LogP contribution in [-0.4, -0.2) is 34.5 Å². The summed E-state index contributed by atoms with van der Waals surface area (Å²) in [5.74, 6) is 0. The van der Waals surface area contributed by atoms with E-state index in [2.05, 4.69) is 17.0 Å². The molecule has 2 saturated heterocycles. The number of benzene rings is 1. The molecule has 92 valence electrons. The van der Waals surface area contributed by atoms with Crippen molar-refractivity contribution < 1.29 is 10.2 Å². The van der Waals surface area contributed by atoms with E-state index in [1.807, 2.05) is 18.2 Å². The van der Waals surface area contributed by atoms with Crippen LogP contribution < -0.4 is 4.90 Å². The number of rotatable bonds is 1. The quantitative estimate of drug-likeness (QED) is 0.773. The summed E-state index contributed by atoms with van der Waals surface area (Å²) < 4.78 is 0. The van der Waals surface area contributed by atoms with Gasteiger partial charge < -0.3 is 15.1 Å². The van der Waals surface area contributed by atoms with Gasteiger partial charge >= 0.3 is 0 Å². The second-order valence-corrected chi connectivity index (χ2v) is 5.17. The molecule has 0 spiro atoms. The van der Waals surface area contributed by atoms with E-state index in [0.29, 0.717) is 12.8 Å². The number of aliphatic hydroxyl groups is 2. The van der Waals surface area contributed by atoms with E-state index in [9.17, 15) is 10.2 Å². The molecular weight excluding hydrogens is 214 g/mol. The Hall–Kier alpha value is -1.06. The van der Waals surface area contributed by atoms with Crippen molar-refractivity contribution in [3.05, 3.63) is 30.3 Å². The van der Waals surface area contributed by atoms with Gasteiger partial charge in [-0.25, -0.2) is 0 Å². The molecule has 0 aromatic heterocycles. The zero-order chi connectivity index (χ0) is 11.8. The first-order chi connectivity index (χ1) is 8.27. The highest BCUT2D eigenvalue weighted by molar-refractivity contribution is 5.50. The third-order valence-corrected chi connectivity index (χ3v) is 4.17. The van der Waals surface area contributed by atoms with Gasteiger partial charge in [-0.2, -0.15) is 0 Å². The maximum absolute atomic E-state index is 10.2. The van der Waals surface area contributed by atoms with Crippen LogP contribution in [0.3, 0.4) is 0 Å². The average molecular weight is 233 g/mol. The lowest BCUT2D eigenvalue weighted by atomic mass is 9.97. The lowest BCUT2D eigenvalue weighted by Gasteiger charge is -2.33. The van der Waals surface area contributed by atoms with Gasteiger partial charge in [0.2, 0.25) is 0 Å². The van der Waals surface area contributed by atoms with Crippen molar-refractivity contribution >= 4 is 5.69 Å². The molecule has 0 amide bonds. The highest BCUT2D eigenvalue weighted by Crippen LogP contribution is 2.38. The first kappa shape index (κ1) is 11.1. The molecule has 2 aliphatic rings. The Morgan fingerprint density at radius 2 is 1.35 bits per heavy atom. The number of hydrogen-bond acceptors (Lipinski definition) is 3. The Morgan fingerprint density at radius 3 is 1.88 bits per heavy atom. The fourth-order valence-corrected chi connectivity index (χ4v) is 3.33. The fraction of sp³-hybridized carbons (Fsp3) is 0.571. The molecule has 0 saturated carbocycles. The minimum Gasteiger partial charge on any atom is -0.391 e. The zero-order valence-electron chi connectivity index (χ0n) is 9.87. The maximum atomic E-state index is 10.2. The van der Waals surface area contributed by atoms with Gasteiger partial charge in [0.15, 0.2) is 0 Å². The molecular formula is C14H19NO2. The molecule has 0 aliphatic carbocycles. The van der Waals surface area contributed by atoms with E-state index >= 15 is 0 Å². The molecule has 0 radical (unpaired) electrons. The van der Waals surface area contributed by atoms with Crippen molar-refractivity contribution in [2.45, 2.75) is 50.0 Å². The molecule has 2 fully saturated rings. The van der Waals surface area contributed by atoms with Crippen molar-refractivity contribution in [1.82, 2.24) is 0 Å². The van der Waals surface area contributed by atoms with Gasteiger partial charge in [-0.3, -0.25) is 0 Å². The molecule has 4 atom stereocenters. The molecule has 2 heterocycles. The lowest BCUT2D eigenvalue weighted by Crippen LogP contribution is -2.44. The smallest absolute Gasteiger partial charge is 0.0744 e. The Bertz CT molecular complexity index is 363. The summed E-state index contributed by atoms with van der Waals surface area (Å²) in [6.07, 6.45) is 2.78. The van der Waals surface area contributed by atoms with Crippen LogP contribution >= 0.6 is 0 Å². The van der Waals surface area contributed by atoms with Gasteiger partial charge in [0.25, 0.3) is 0 Å². The summed E-state index contributed by atoms with van der Waals surface area (Å²) in [5, 5.41) is 20.3. The molecule has 2 aliphatic heterocycles. The summed E-state index contributed by atoms with van der Waals surface area (Å²) in [6.45, 7) is 0. The normalized spacial score (nSPS) is 36.9. The molecule has 2 N–H and O–H groups in total. The Kier molecular flexibility index (Phi) is 2.81. The molecule has 17 heavy (non-hydrogen) atoms. The molecule has 3 rings (SSSR count). The minimum atomic E-state index is -0.308. The lowest BCUT2D eigenvalue weighted by molar-refractivity contribution is 0.105. The number of fused-ring (bicyclic) bond motifs is 2. The minimum absolute atomic E-state index is 0.180. The van der Waals surface area contributed by atoms with E-state index in [-0.39, 0.29) is 24.3 Å².